The summed E-state index contributed by atoms with van der Waals surface area (Å²) in [6, 6.07) is 21.4. The van der Waals surface area contributed by atoms with Crippen LogP contribution in [0.1, 0.15) is 47.8 Å². The standard InChI is InChI=1S/C33H34N4O3/c1-20(2)28-18-29(21(3)16-31(28)40-7)32-35-30-11-9-8-10-27(30)33(38)37(32)34-19-24-17-22(4)36(23(24)5)25-12-14-26(39-6)15-13-25/h8-20H,1-7H3. The molecule has 0 unspecified atom stereocenters. The number of benzene rings is 3. The van der Waals surface area contributed by atoms with Gasteiger partial charge in [-0.25, -0.2) is 4.98 Å². The molecule has 204 valence electrons. The van der Waals surface area contributed by atoms with Gasteiger partial charge < -0.3 is 14.0 Å². The van der Waals surface area contributed by atoms with Crippen LogP contribution in [0, 0.1) is 20.8 Å². The molecule has 2 aromatic heterocycles. The van der Waals surface area contributed by atoms with E-state index in [2.05, 4.69) is 37.5 Å². The van der Waals surface area contributed by atoms with Crippen LogP contribution in [0.25, 0.3) is 28.0 Å². The van der Waals surface area contributed by atoms with Gasteiger partial charge in [-0.3, -0.25) is 4.79 Å². The second-order valence-corrected chi connectivity index (χ2v) is 10.2. The van der Waals surface area contributed by atoms with E-state index < -0.39 is 0 Å². The molecular formula is C33H34N4O3. The van der Waals surface area contributed by atoms with Crippen molar-refractivity contribution in [1.82, 2.24) is 14.2 Å². The summed E-state index contributed by atoms with van der Waals surface area (Å²) >= 11 is 0. The largest absolute Gasteiger partial charge is 0.497 e. The van der Waals surface area contributed by atoms with Gasteiger partial charge in [-0.2, -0.15) is 9.78 Å². The molecule has 0 saturated heterocycles. The van der Waals surface area contributed by atoms with Crippen molar-refractivity contribution in [2.45, 2.75) is 40.5 Å². The molecular weight excluding hydrogens is 500 g/mol. The Morgan fingerprint density at radius 1 is 0.925 bits per heavy atom. The predicted octanol–water partition coefficient (Wildman–Crippen LogP) is 6.80. The summed E-state index contributed by atoms with van der Waals surface area (Å²) in [5, 5.41) is 5.27. The molecule has 7 heteroatoms. The molecule has 7 nitrogen and oxygen atoms in total. The second kappa shape index (κ2) is 10.8. The second-order valence-electron chi connectivity index (χ2n) is 10.2. The molecule has 0 aliphatic heterocycles. The number of nitrogens with zero attached hydrogens (tertiary/aromatic N) is 4. The third-order valence-corrected chi connectivity index (χ3v) is 7.31. The summed E-state index contributed by atoms with van der Waals surface area (Å²) in [5.74, 6) is 2.34. The Balaban J connectivity index is 1.68. The van der Waals surface area contributed by atoms with E-state index in [0.29, 0.717) is 16.7 Å². The van der Waals surface area contributed by atoms with E-state index in [1.54, 1.807) is 26.5 Å². The molecule has 40 heavy (non-hydrogen) atoms. The average molecular weight is 535 g/mol. The van der Waals surface area contributed by atoms with Gasteiger partial charge in [-0.05, 0) is 92.4 Å². The molecule has 0 aliphatic carbocycles. The number of ether oxygens (including phenoxy) is 2. The summed E-state index contributed by atoms with van der Waals surface area (Å²) in [7, 11) is 3.34. The van der Waals surface area contributed by atoms with Crippen LogP contribution in [-0.4, -0.2) is 34.7 Å². The van der Waals surface area contributed by atoms with Crippen molar-refractivity contribution in [2.24, 2.45) is 5.10 Å². The number of methoxy groups -OCH3 is 2. The SMILES string of the molecule is COc1ccc(-n2c(C)cc(C=Nn3c(-c4cc(C(C)C)c(OC)cc4C)nc4ccccc4c3=O)c2C)cc1. The molecule has 5 aromatic rings. The highest BCUT2D eigenvalue weighted by Gasteiger charge is 2.19. The first-order valence-electron chi connectivity index (χ1n) is 13.3. The summed E-state index contributed by atoms with van der Waals surface area (Å²) < 4.78 is 14.5. The number of hydrogen-bond acceptors (Lipinski definition) is 5. The smallest absolute Gasteiger partial charge is 0.282 e. The van der Waals surface area contributed by atoms with E-state index in [9.17, 15) is 4.79 Å². The summed E-state index contributed by atoms with van der Waals surface area (Å²) in [4.78, 5) is 18.7. The fraction of sp³-hybridized carbons (Fsp3) is 0.242. The Hall–Kier alpha value is -4.65. The van der Waals surface area contributed by atoms with Crippen molar-refractivity contribution in [1.29, 1.82) is 0 Å². The van der Waals surface area contributed by atoms with E-state index in [1.165, 1.54) is 4.68 Å². The van der Waals surface area contributed by atoms with Crippen molar-refractivity contribution in [3.8, 4) is 28.6 Å². The van der Waals surface area contributed by atoms with Crippen LogP contribution >= 0.6 is 0 Å². The van der Waals surface area contributed by atoms with Gasteiger partial charge >= 0.3 is 0 Å². The van der Waals surface area contributed by atoms with E-state index in [-0.39, 0.29) is 11.5 Å². The van der Waals surface area contributed by atoms with E-state index in [0.717, 1.165) is 50.8 Å². The van der Waals surface area contributed by atoms with Crippen molar-refractivity contribution in [3.05, 3.63) is 105 Å². The van der Waals surface area contributed by atoms with Crippen molar-refractivity contribution < 1.29 is 9.47 Å². The lowest BCUT2D eigenvalue weighted by atomic mass is 9.96. The summed E-state index contributed by atoms with van der Waals surface area (Å²) in [6.07, 6.45) is 1.74. The van der Waals surface area contributed by atoms with Gasteiger partial charge in [0.05, 0.1) is 31.3 Å². The number of aromatic nitrogens is 3. The number of fused-ring (bicyclic) bond motifs is 1. The highest BCUT2D eigenvalue weighted by molar-refractivity contribution is 5.84. The van der Waals surface area contributed by atoms with Crippen molar-refractivity contribution >= 4 is 17.1 Å². The predicted molar refractivity (Wildman–Crippen MR) is 162 cm³/mol. The zero-order valence-corrected chi connectivity index (χ0v) is 24.0. The van der Waals surface area contributed by atoms with Crippen molar-refractivity contribution in [2.75, 3.05) is 14.2 Å². The van der Waals surface area contributed by atoms with Gasteiger partial charge in [-0.15, -0.1) is 0 Å². The molecule has 5 rings (SSSR count). The van der Waals surface area contributed by atoms with Gasteiger partial charge in [0, 0.05) is 28.2 Å². The Bertz CT molecular complexity index is 1790. The Labute approximate surface area is 234 Å². The molecule has 0 N–H and O–H groups in total. The molecule has 0 spiro atoms. The average Bonchev–Trinajstić information content (AvgIpc) is 3.24. The minimum atomic E-state index is -0.220. The minimum absolute atomic E-state index is 0.220. The first-order chi connectivity index (χ1) is 19.2. The van der Waals surface area contributed by atoms with Gasteiger partial charge in [0.2, 0.25) is 0 Å². The highest BCUT2D eigenvalue weighted by Crippen LogP contribution is 2.34. The highest BCUT2D eigenvalue weighted by atomic mass is 16.5. The normalized spacial score (nSPS) is 11.6. The van der Waals surface area contributed by atoms with Crippen LogP contribution in [0.3, 0.4) is 0 Å². The first kappa shape index (κ1) is 26.9. The van der Waals surface area contributed by atoms with Crippen LogP contribution in [0.5, 0.6) is 11.5 Å². The fourth-order valence-corrected chi connectivity index (χ4v) is 5.14. The van der Waals surface area contributed by atoms with E-state index >= 15 is 0 Å². The monoisotopic (exact) mass is 534 g/mol. The number of hydrogen-bond donors (Lipinski definition) is 0. The quantitative estimate of drug-likeness (QED) is 0.215. The maximum absolute atomic E-state index is 13.8. The van der Waals surface area contributed by atoms with Crippen LogP contribution in [-0.2, 0) is 0 Å². The topological polar surface area (TPSA) is 70.6 Å². The zero-order valence-electron chi connectivity index (χ0n) is 24.0. The Morgan fingerprint density at radius 3 is 2.33 bits per heavy atom. The van der Waals surface area contributed by atoms with Gasteiger partial charge in [-0.1, -0.05) is 26.0 Å². The molecule has 0 radical (unpaired) electrons. The van der Waals surface area contributed by atoms with Gasteiger partial charge in [0.15, 0.2) is 5.82 Å². The van der Waals surface area contributed by atoms with Gasteiger partial charge in [0.25, 0.3) is 5.56 Å². The van der Waals surface area contributed by atoms with Crippen molar-refractivity contribution in [3.63, 3.8) is 0 Å². The molecule has 0 saturated carbocycles. The molecule has 0 amide bonds. The lowest BCUT2D eigenvalue weighted by Gasteiger charge is -2.17. The number of rotatable bonds is 7. The lowest BCUT2D eigenvalue weighted by molar-refractivity contribution is 0.407. The van der Waals surface area contributed by atoms with E-state index in [1.807, 2.05) is 62.4 Å². The van der Waals surface area contributed by atoms with Gasteiger partial charge in [0.1, 0.15) is 11.5 Å². The maximum Gasteiger partial charge on any atom is 0.282 e. The number of aryl methyl sites for hydroxylation is 2. The number of para-hydroxylation sites is 1. The van der Waals surface area contributed by atoms with E-state index in [4.69, 9.17) is 19.6 Å². The Kier molecular flexibility index (Phi) is 7.30. The summed E-state index contributed by atoms with van der Waals surface area (Å²) in [5.41, 5.74) is 7.25. The maximum atomic E-state index is 13.8. The van der Waals surface area contributed by atoms with Crippen LogP contribution in [0.15, 0.2) is 76.6 Å². The Morgan fingerprint density at radius 2 is 1.65 bits per heavy atom. The molecule has 2 heterocycles. The third kappa shape index (κ3) is 4.79. The van der Waals surface area contributed by atoms with Crippen LogP contribution in [0.4, 0.5) is 0 Å². The fourth-order valence-electron chi connectivity index (χ4n) is 5.14. The summed E-state index contributed by atoms with van der Waals surface area (Å²) in [6.45, 7) is 10.3. The first-order valence-corrected chi connectivity index (χ1v) is 13.3. The minimum Gasteiger partial charge on any atom is -0.497 e. The van der Waals surface area contributed by atoms with Crippen LogP contribution < -0.4 is 15.0 Å². The molecule has 0 aliphatic rings. The van der Waals surface area contributed by atoms with Crippen LogP contribution in [0.2, 0.25) is 0 Å². The lowest BCUT2D eigenvalue weighted by Crippen LogP contribution is -2.21. The molecule has 0 bridgehead atoms. The molecule has 0 atom stereocenters. The zero-order chi connectivity index (χ0) is 28.6. The molecule has 0 fully saturated rings. The third-order valence-electron chi connectivity index (χ3n) is 7.31. The molecule has 3 aromatic carbocycles.